The molecule has 1 aromatic carbocycles. The van der Waals surface area contributed by atoms with E-state index in [0.29, 0.717) is 11.4 Å². The van der Waals surface area contributed by atoms with Crippen LogP contribution in [0.4, 0.5) is 11.5 Å². The van der Waals surface area contributed by atoms with E-state index in [0.717, 1.165) is 0 Å². The lowest BCUT2D eigenvalue weighted by molar-refractivity contribution is -0.140. The van der Waals surface area contributed by atoms with E-state index in [1.165, 1.54) is 10.9 Å². The lowest BCUT2D eigenvalue weighted by Gasteiger charge is -2.33. The lowest BCUT2D eigenvalue weighted by atomic mass is 10.2. The van der Waals surface area contributed by atoms with Gasteiger partial charge >= 0.3 is 17.8 Å². The summed E-state index contributed by atoms with van der Waals surface area (Å²) >= 11 is 0. The Morgan fingerprint density at radius 2 is 2.07 bits per heavy atom. The molecule has 2 aromatic rings. The standard InChI is InChI=1S/C18H19N5O5/c1-4-26-16(24)11-9-19-23-15(11)22-21-14(17(25)27-10(2)3)18(23)20-12-7-5-6-8-13(12)28-18/h5-10,20,22H,4H2,1-3H3. The van der Waals surface area contributed by atoms with E-state index < -0.39 is 17.8 Å². The number of carbonyl (C=O) groups is 2. The van der Waals surface area contributed by atoms with E-state index in [1.54, 1.807) is 39.0 Å². The van der Waals surface area contributed by atoms with Crippen molar-refractivity contribution in [2.75, 3.05) is 17.3 Å². The average Bonchev–Trinajstić information content (AvgIpc) is 3.24. The van der Waals surface area contributed by atoms with E-state index in [4.69, 9.17) is 14.2 Å². The maximum Gasteiger partial charge on any atom is 0.363 e. The fourth-order valence-corrected chi connectivity index (χ4v) is 3.02. The Labute approximate surface area is 160 Å². The van der Waals surface area contributed by atoms with Crippen molar-refractivity contribution in [2.45, 2.75) is 32.7 Å². The van der Waals surface area contributed by atoms with E-state index in [1.807, 2.05) is 6.07 Å². The number of fused-ring (bicyclic) bond motifs is 3. The van der Waals surface area contributed by atoms with Gasteiger partial charge in [0.15, 0.2) is 5.82 Å². The fraction of sp³-hybridized carbons (Fsp3) is 0.333. The molecule has 3 heterocycles. The minimum atomic E-state index is -1.60. The molecule has 10 nitrogen and oxygen atoms in total. The molecule has 1 unspecified atom stereocenters. The second-order valence-corrected chi connectivity index (χ2v) is 6.43. The van der Waals surface area contributed by atoms with Crippen LogP contribution in [-0.2, 0) is 20.1 Å². The van der Waals surface area contributed by atoms with Gasteiger partial charge in [0.25, 0.3) is 0 Å². The third kappa shape index (κ3) is 2.65. The molecule has 2 aliphatic heterocycles. The summed E-state index contributed by atoms with van der Waals surface area (Å²) in [6, 6.07) is 7.18. The van der Waals surface area contributed by atoms with Gasteiger partial charge in [-0.3, -0.25) is 5.43 Å². The van der Waals surface area contributed by atoms with Crippen LogP contribution in [0, 0.1) is 0 Å². The maximum atomic E-state index is 12.7. The van der Waals surface area contributed by atoms with Crippen molar-refractivity contribution in [3.8, 4) is 5.75 Å². The molecule has 0 fully saturated rings. The number of para-hydroxylation sites is 2. The molecule has 2 aliphatic rings. The van der Waals surface area contributed by atoms with Crippen molar-refractivity contribution in [1.29, 1.82) is 0 Å². The molecule has 0 bridgehead atoms. The minimum Gasteiger partial charge on any atom is -0.462 e. The normalized spacial score (nSPS) is 19.1. The maximum absolute atomic E-state index is 12.7. The molecule has 2 N–H and O–H groups in total. The number of hydrazone groups is 1. The number of benzene rings is 1. The van der Waals surface area contributed by atoms with Gasteiger partial charge in [-0.25, -0.2) is 9.59 Å². The molecule has 1 atom stereocenters. The summed E-state index contributed by atoms with van der Waals surface area (Å²) in [7, 11) is 0. The first kappa shape index (κ1) is 17.8. The number of nitrogens with zero attached hydrogens (tertiary/aromatic N) is 3. The highest BCUT2D eigenvalue weighted by molar-refractivity contribution is 6.40. The molecule has 0 amide bonds. The van der Waals surface area contributed by atoms with Crippen LogP contribution in [0.25, 0.3) is 0 Å². The molecule has 4 rings (SSSR count). The molecule has 0 saturated carbocycles. The molecule has 0 saturated heterocycles. The number of anilines is 2. The Hall–Kier alpha value is -3.56. The molecule has 1 aromatic heterocycles. The second-order valence-electron chi connectivity index (χ2n) is 6.43. The molecular formula is C18H19N5O5. The number of hydrogen-bond acceptors (Lipinski definition) is 9. The van der Waals surface area contributed by atoms with E-state index >= 15 is 0 Å². The number of nitrogens with one attached hydrogen (secondary N) is 2. The van der Waals surface area contributed by atoms with Crippen molar-refractivity contribution >= 4 is 29.2 Å². The number of aromatic nitrogens is 2. The Bertz CT molecular complexity index is 955. The van der Waals surface area contributed by atoms with E-state index in [2.05, 4.69) is 20.9 Å². The highest BCUT2D eigenvalue weighted by Gasteiger charge is 2.54. The summed E-state index contributed by atoms with van der Waals surface area (Å²) < 4.78 is 17.8. The quantitative estimate of drug-likeness (QED) is 0.767. The summed E-state index contributed by atoms with van der Waals surface area (Å²) in [5, 5.41) is 11.6. The largest absolute Gasteiger partial charge is 0.462 e. The number of carbonyl (C=O) groups excluding carboxylic acids is 2. The van der Waals surface area contributed by atoms with Crippen LogP contribution in [0.3, 0.4) is 0 Å². The molecule has 10 heteroatoms. The molecule has 0 radical (unpaired) electrons. The van der Waals surface area contributed by atoms with Gasteiger partial charge in [0.2, 0.25) is 5.71 Å². The number of rotatable bonds is 4. The highest BCUT2D eigenvalue weighted by Crippen LogP contribution is 2.42. The summed E-state index contributed by atoms with van der Waals surface area (Å²) in [5.41, 5.74) is 3.44. The zero-order chi connectivity index (χ0) is 19.9. The van der Waals surface area contributed by atoms with E-state index in [9.17, 15) is 9.59 Å². The van der Waals surface area contributed by atoms with Crippen LogP contribution >= 0.6 is 0 Å². The van der Waals surface area contributed by atoms with Crippen molar-refractivity contribution < 1.29 is 23.8 Å². The first-order valence-electron chi connectivity index (χ1n) is 8.83. The highest BCUT2D eigenvalue weighted by atomic mass is 16.6. The predicted molar refractivity (Wildman–Crippen MR) is 99.1 cm³/mol. The summed E-state index contributed by atoms with van der Waals surface area (Å²) in [6.45, 7) is 5.39. The monoisotopic (exact) mass is 385 g/mol. The van der Waals surface area contributed by atoms with Gasteiger partial charge < -0.3 is 19.5 Å². The average molecular weight is 385 g/mol. The third-order valence-corrected chi connectivity index (χ3v) is 4.14. The van der Waals surface area contributed by atoms with Gasteiger partial charge in [-0.15, -0.1) is 0 Å². The van der Waals surface area contributed by atoms with Crippen LogP contribution in [0.5, 0.6) is 5.75 Å². The van der Waals surface area contributed by atoms with Crippen LogP contribution in [0.1, 0.15) is 31.1 Å². The van der Waals surface area contributed by atoms with Gasteiger partial charge in [0, 0.05) is 0 Å². The third-order valence-electron chi connectivity index (χ3n) is 4.14. The number of hydrogen-bond donors (Lipinski definition) is 2. The first-order chi connectivity index (χ1) is 13.5. The zero-order valence-electron chi connectivity index (χ0n) is 15.6. The predicted octanol–water partition coefficient (Wildman–Crippen LogP) is 1.91. The molecular weight excluding hydrogens is 366 g/mol. The molecule has 1 spiro atoms. The molecule has 0 aliphatic carbocycles. The summed E-state index contributed by atoms with van der Waals surface area (Å²) in [4.78, 5) is 25.0. The van der Waals surface area contributed by atoms with Crippen LogP contribution in [0.15, 0.2) is 35.6 Å². The van der Waals surface area contributed by atoms with Gasteiger partial charge in [-0.1, -0.05) is 12.1 Å². The van der Waals surface area contributed by atoms with Crippen molar-refractivity contribution in [3.05, 3.63) is 36.0 Å². The van der Waals surface area contributed by atoms with Gasteiger partial charge in [0.05, 0.1) is 24.6 Å². The summed E-state index contributed by atoms with van der Waals surface area (Å²) in [5.74, 6) is -2.10. The van der Waals surface area contributed by atoms with Crippen molar-refractivity contribution in [2.24, 2.45) is 5.10 Å². The van der Waals surface area contributed by atoms with Crippen molar-refractivity contribution in [3.63, 3.8) is 0 Å². The van der Waals surface area contributed by atoms with E-state index in [-0.39, 0.29) is 29.8 Å². The molecule has 28 heavy (non-hydrogen) atoms. The smallest absolute Gasteiger partial charge is 0.363 e. The van der Waals surface area contributed by atoms with Crippen LogP contribution in [-0.4, -0.2) is 40.1 Å². The van der Waals surface area contributed by atoms with Gasteiger partial charge in [-0.2, -0.15) is 14.9 Å². The number of ether oxygens (including phenoxy) is 3. The first-order valence-corrected chi connectivity index (χ1v) is 8.83. The second kappa shape index (κ2) is 6.55. The van der Waals surface area contributed by atoms with Gasteiger partial charge in [-0.05, 0) is 32.9 Å². The minimum absolute atomic E-state index is 0.0802. The number of esters is 2. The fourth-order valence-electron chi connectivity index (χ4n) is 3.02. The summed E-state index contributed by atoms with van der Waals surface area (Å²) in [6.07, 6.45) is 0.979. The van der Waals surface area contributed by atoms with Gasteiger partial charge in [0.1, 0.15) is 11.3 Å². The topological polar surface area (TPSA) is 116 Å². The van der Waals surface area contributed by atoms with Crippen LogP contribution in [0.2, 0.25) is 0 Å². The zero-order valence-corrected chi connectivity index (χ0v) is 15.6. The van der Waals surface area contributed by atoms with Crippen LogP contribution < -0.4 is 15.5 Å². The lowest BCUT2D eigenvalue weighted by Crippen LogP contribution is -2.57. The SMILES string of the molecule is CCOC(=O)c1cnn2c1NN=C(C(=O)OC(C)C)C21Nc2ccccc2O1. The molecule has 146 valence electrons. The Kier molecular flexibility index (Phi) is 4.17. The Balaban J connectivity index is 1.82. The Morgan fingerprint density at radius 3 is 2.79 bits per heavy atom. The Morgan fingerprint density at radius 1 is 1.29 bits per heavy atom. The van der Waals surface area contributed by atoms with Crippen molar-refractivity contribution in [1.82, 2.24) is 9.78 Å².